The summed E-state index contributed by atoms with van der Waals surface area (Å²) in [5.74, 6) is 0.601. The fourth-order valence-corrected chi connectivity index (χ4v) is 4.75. The van der Waals surface area contributed by atoms with Gasteiger partial charge in [-0.15, -0.1) is 0 Å². The number of ether oxygens (including phenoxy) is 1. The van der Waals surface area contributed by atoms with Crippen molar-refractivity contribution in [2.45, 2.75) is 77.2 Å². The molecular formula is C27H38FN5O2. The van der Waals surface area contributed by atoms with E-state index in [1.165, 1.54) is 11.9 Å². The van der Waals surface area contributed by atoms with Crippen molar-refractivity contribution in [3.05, 3.63) is 53.0 Å². The lowest BCUT2D eigenvalue weighted by atomic mass is 9.87. The molecule has 2 atom stereocenters. The quantitative estimate of drug-likeness (QED) is 0.646. The predicted molar refractivity (Wildman–Crippen MR) is 135 cm³/mol. The zero-order valence-corrected chi connectivity index (χ0v) is 21.3. The molecule has 0 radical (unpaired) electrons. The van der Waals surface area contributed by atoms with Crippen LogP contribution in [0.1, 0.15) is 67.2 Å². The Morgan fingerprint density at radius 2 is 1.86 bits per heavy atom. The standard InChI is InChI=1S/C27H38FN5O2/c1-18-24(26(34)33-12-9-21(10-13-33)32-23-11-14-35-16-22(23)28)30-17-31-25(18)29-15-19-5-7-20(8-6-19)27(2,3)4/h5-8,17,21-23,32H,9-16H2,1-4H3,(H,29,30,31). The molecule has 0 saturated carbocycles. The molecule has 2 saturated heterocycles. The summed E-state index contributed by atoms with van der Waals surface area (Å²) in [5.41, 5.74) is 3.76. The number of carbonyl (C=O) groups excluding carboxylic acids is 1. The Balaban J connectivity index is 1.33. The molecule has 2 fully saturated rings. The van der Waals surface area contributed by atoms with Crippen LogP contribution in [0.2, 0.25) is 0 Å². The summed E-state index contributed by atoms with van der Waals surface area (Å²) in [6, 6.07) is 8.63. The summed E-state index contributed by atoms with van der Waals surface area (Å²) in [6.07, 6.45) is 2.78. The fourth-order valence-electron chi connectivity index (χ4n) is 4.75. The van der Waals surface area contributed by atoms with Crippen molar-refractivity contribution in [2.75, 3.05) is 31.6 Å². The highest BCUT2D eigenvalue weighted by atomic mass is 19.1. The van der Waals surface area contributed by atoms with Gasteiger partial charge in [0.2, 0.25) is 0 Å². The van der Waals surface area contributed by atoms with Gasteiger partial charge in [0, 0.05) is 43.9 Å². The molecule has 4 rings (SSSR count). The lowest BCUT2D eigenvalue weighted by molar-refractivity contribution is 0.00840. The normalized spacial score (nSPS) is 21.7. The van der Waals surface area contributed by atoms with Crippen LogP contribution in [0.5, 0.6) is 0 Å². The van der Waals surface area contributed by atoms with E-state index in [-0.39, 0.29) is 30.0 Å². The highest BCUT2D eigenvalue weighted by molar-refractivity contribution is 5.94. The average molecular weight is 484 g/mol. The van der Waals surface area contributed by atoms with Crippen molar-refractivity contribution in [2.24, 2.45) is 0 Å². The van der Waals surface area contributed by atoms with E-state index in [0.29, 0.717) is 44.2 Å². The van der Waals surface area contributed by atoms with Crippen LogP contribution in [-0.2, 0) is 16.7 Å². The van der Waals surface area contributed by atoms with Crippen LogP contribution in [0, 0.1) is 6.92 Å². The van der Waals surface area contributed by atoms with Gasteiger partial charge in [-0.2, -0.15) is 0 Å². The van der Waals surface area contributed by atoms with Gasteiger partial charge in [-0.25, -0.2) is 14.4 Å². The maximum Gasteiger partial charge on any atom is 0.272 e. The second-order valence-electron chi connectivity index (χ2n) is 10.7. The number of halogens is 1. The van der Waals surface area contributed by atoms with Gasteiger partial charge in [0.1, 0.15) is 24.0 Å². The molecule has 2 aliphatic rings. The maximum atomic E-state index is 14.1. The number of likely N-dealkylation sites (tertiary alicyclic amines) is 1. The second kappa shape index (κ2) is 11.0. The molecule has 2 aromatic rings. The van der Waals surface area contributed by atoms with E-state index in [1.807, 2.05) is 11.8 Å². The van der Waals surface area contributed by atoms with Gasteiger partial charge in [0.05, 0.1) is 6.61 Å². The number of benzene rings is 1. The monoisotopic (exact) mass is 483 g/mol. The van der Waals surface area contributed by atoms with Crippen molar-refractivity contribution in [1.29, 1.82) is 0 Å². The molecule has 190 valence electrons. The van der Waals surface area contributed by atoms with E-state index >= 15 is 0 Å². The number of anilines is 1. The minimum atomic E-state index is -0.963. The minimum absolute atomic E-state index is 0.0737. The molecule has 3 heterocycles. The largest absolute Gasteiger partial charge is 0.378 e. The topological polar surface area (TPSA) is 79.4 Å². The molecule has 2 N–H and O–H groups in total. The molecule has 7 nitrogen and oxygen atoms in total. The highest BCUT2D eigenvalue weighted by Crippen LogP contribution is 2.23. The SMILES string of the molecule is Cc1c(NCc2ccc(C(C)(C)C)cc2)ncnc1C(=O)N1CCC(NC2CCOCC2F)CC1. The zero-order chi connectivity index (χ0) is 25.0. The Kier molecular flexibility index (Phi) is 8.02. The van der Waals surface area contributed by atoms with Crippen LogP contribution in [0.4, 0.5) is 10.2 Å². The van der Waals surface area contributed by atoms with Gasteiger partial charge in [-0.1, -0.05) is 45.0 Å². The lowest BCUT2D eigenvalue weighted by Gasteiger charge is -2.36. The second-order valence-corrected chi connectivity index (χ2v) is 10.7. The molecule has 35 heavy (non-hydrogen) atoms. The van der Waals surface area contributed by atoms with E-state index in [2.05, 4.69) is 65.6 Å². The molecule has 2 unspecified atom stereocenters. The molecule has 8 heteroatoms. The Bertz CT molecular complexity index is 1000. The number of aromatic nitrogens is 2. The Labute approximate surface area is 207 Å². The number of hydrogen-bond acceptors (Lipinski definition) is 6. The maximum absolute atomic E-state index is 14.1. The third-order valence-corrected chi connectivity index (χ3v) is 7.09. The van der Waals surface area contributed by atoms with Crippen LogP contribution in [0.15, 0.2) is 30.6 Å². The fraction of sp³-hybridized carbons (Fsp3) is 0.593. The van der Waals surface area contributed by atoms with Gasteiger partial charge < -0.3 is 20.3 Å². The molecule has 1 amide bonds. The first-order chi connectivity index (χ1) is 16.7. The molecule has 2 aliphatic heterocycles. The molecule has 1 aromatic heterocycles. The Morgan fingerprint density at radius 3 is 2.51 bits per heavy atom. The van der Waals surface area contributed by atoms with E-state index < -0.39 is 6.17 Å². The Hall–Kier alpha value is -2.58. The van der Waals surface area contributed by atoms with E-state index in [1.54, 1.807) is 0 Å². The first kappa shape index (κ1) is 25.5. The van der Waals surface area contributed by atoms with Crippen molar-refractivity contribution in [3.63, 3.8) is 0 Å². The summed E-state index contributed by atoms with van der Waals surface area (Å²) in [4.78, 5) is 23.8. The average Bonchev–Trinajstić information content (AvgIpc) is 2.85. The zero-order valence-electron chi connectivity index (χ0n) is 21.3. The number of carbonyl (C=O) groups is 1. The number of alkyl halides is 1. The molecule has 0 aliphatic carbocycles. The van der Waals surface area contributed by atoms with Crippen LogP contribution < -0.4 is 10.6 Å². The third-order valence-electron chi connectivity index (χ3n) is 7.09. The van der Waals surface area contributed by atoms with E-state index in [9.17, 15) is 9.18 Å². The van der Waals surface area contributed by atoms with Gasteiger partial charge in [0.25, 0.3) is 5.91 Å². The molecule has 1 aromatic carbocycles. The molecule has 0 spiro atoms. The number of rotatable bonds is 6. The van der Waals surface area contributed by atoms with Crippen molar-refractivity contribution in [3.8, 4) is 0 Å². The summed E-state index contributed by atoms with van der Waals surface area (Å²) < 4.78 is 19.3. The van der Waals surface area contributed by atoms with Crippen LogP contribution in [-0.4, -0.2) is 65.3 Å². The van der Waals surface area contributed by atoms with Crippen LogP contribution in [0.3, 0.4) is 0 Å². The van der Waals surface area contributed by atoms with Crippen LogP contribution >= 0.6 is 0 Å². The first-order valence-corrected chi connectivity index (χ1v) is 12.6. The predicted octanol–water partition coefficient (Wildman–Crippen LogP) is 4.02. The highest BCUT2D eigenvalue weighted by Gasteiger charge is 2.31. The van der Waals surface area contributed by atoms with Gasteiger partial charge in [-0.05, 0) is 42.7 Å². The summed E-state index contributed by atoms with van der Waals surface area (Å²) in [7, 11) is 0. The number of amides is 1. The van der Waals surface area contributed by atoms with Crippen molar-refractivity contribution in [1.82, 2.24) is 20.2 Å². The smallest absolute Gasteiger partial charge is 0.272 e. The summed E-state index contributed by atoms with van der Waals surface area (Å²) >= 11 is 0. The molecule has 0 bridgehead atoms. The van der Waals surface area contributed by atoms with Gasteiger partial charge in [-0.3, -0.25) is 4.79 Å². The van der Waals surface area contributed by atoms with E-state index in [4.69, 9.17) is 4.74 Å². The number of nitrogens with zero attached hydrogens (tertiary/aromatic N) is 3. The minimum Gasteiger partial charge on any atom is -0.378 e. The van der Waals surface area contributed by atoms with Crippen molar-refractivity contribution < 1.29 is 13.9 Å². The van der Waals surface area contributed by atoms with Crippen molar-refractivity contribution >= 4 is 11.7 Å². The molecular weight excluding hydrogens is 445 g/mol. The summed E-state index contributed by atoms with van der Waals surface area (Å²) in [6.45, 7) is 11.1. The summed E-state index contributed by atoms with van der Waals surface area (Å²) in [5, 5.41) is 6.81. The first-order valence-electron chi connectivity index (χ1n) is 12.6. The number of nitrogens with one attached hydrogen (secondary N) is 2. The third kappa shape index (κ3) is 6.35. The number of hydrogen-bond donors (Lipinski definition) is 2. The van der Waals surface area contributed by atoms with Crippen LogP contribution in [0.25, 0.3) is 0 Å². The lowest BCUT2D eigenvalue weighted by Crippen LogP contribution is -2.52. The van der Waals surface area contributed by atoms with Gasteiger partial charge >= 0.3 is 0 Å². The van der Waals surface area contributed by atoms with E-state index in [0.717, 1.165) is 24.0 Å². The number of piperidine rings is 1. The Morgan fingerprint density at radius 1 is 1.14 bits per heavy atom. The van der Waals surface area contributed by atoms with Gasteiger partial charge in [0.15, 0.2) is 0 Å².